The molecule has 1 aromatic rings. The van der Waals surface area contributed by atoms with E-state index in [1.165, 1.54) is 27.0 Å². The van der Waals surface area contributed by atoms with E-state index in [0.717, 1.165) is 5.56 Å². The molecule has 0 saturated heterocycles. The largest absolute Gasteiger partial charge is 0.464 e. The summed E-state index contributed by atoms with van der Waals surface area (Å²) in [6, 6.07) is 9.31. The molecule has 2 atom stereocenters. The van der Waals surface area contributed by atoms with Crippen molar-refractivity contribution in [2.45, 2.75) is 51.7 Å². The minimum atomic E-state index is -5.19. The first-order chi connectivity index (χ1) is 12.5. The Hall–Kier alpha value is -2.22. The van der Waals surface area contributed by atoms with Gasteiger partial charge in [-0.2, -0.15) is 13.2 Å². The zero-order valence-electron chi connectivity index (χ0n) is 15.4. The number of benzene rings is 1. The Bertz CT molecular complexity index is 684. The highest BCUT2D eigenvalue weighted by Crippen LogP contribution is 2.45. The first kappa shape index (κ1) is 21.1. The lowest BCUT2D eigenvalue weighted by Gasteiger charge is -2.35. The van der Waals surface area contributed by atoms with E-state index < -0.39 is 35.9 Å². The van der Waals surface area contributed by atoms with Crippen LogP contribution in [0.3, 0.4) is 0 Å². The van der Waals surface area contributed by atoms with E-state index in [1.807, 2.05) is 30.3 Å². The van der Waals surface area contributed by atoms with Crippen LogP contribution >= 0.6 is 0 Å². The van der Waals surface area contributed by atoms with Crippen molar-refractivity contribution < 1.29 is 37.3 Å². The van der Waals surface area contributed by atoms with Crippen LogP contribution in [-0.2, 0) is 25.4 Å². The predicted molar refractivity (Wildman–Crippen MR) is 90.2 cm³/mol. The van der Waals surface area contributed by atoms with Gasteiger partial charge in [0.25, 0.3) is 5.60 Å². The molecule has 8 heteroatoms. The first-order valence-electron chi connectivity index (χ1n) is 8.52. The second kappa shape index (κ2) is 7.80. The van der Waals surface area contributed by atoms with Crippen molar-refractivity contribution in [3.8, 4) is 0 Å². The quantitative estimate of drug-likeness (QED) is 0.722. The highest BCUT2D eigenvalue weighted by molar-refractivity contribution is 5.80. The standard InChI is InChI=1S/C19H23F3O5/c1-4-25-16(23)18(24,19(20,21)22)12-17(2,3)14-11-26-15(27-14)10-13-8-6-5-7-9-13/h5-9,11,15,24H,4,10,12H2,1-3H3. The van der Waals surface area contributed by atoms with Crippen molar-refractivity contribution in [1.82, 2.24) is 0 Å². The van der Waals surface area contributed by atoms with Crippen LogP contribution in [-0.4, -0.2) is 35.8 Å². The molecule has 2 unspecified atom stereocenters. The number of hydrogen-bond acceptors (Lipinski definition) is 5. The Morgan fingerprint density at radius 1 is 1.22 bits per heavy atom. The van der Waals surface area contributed by atoms with Gasteiger partial charge in [0.2, 0.25) is 6.29 Å². The van der Waals surface area contributed by atoms with Crippen LogP contribution in [0.1, 0.15) is 32.8 Å². The van der Waals surface area contributed by atoms with Gasteiger partial charge in [-0.1, -0.05) is 44.2 Å². The molecule has 0 saturated carbocycles. The van der Waals surface area contributed by atoms with E-state index >= 15 is 0 Å². The number of carbonyl (C=O) groups is 1. The Morgan fingerprint density at radius 3 is 2.41 bits per heavy atom. The van der Waals surface area contributed by atoms with Crippen molar-refractivity contribution >= 4 is 5.97 Å². The maximum absolute atomic E-state index is 13.4. The van der Waals surface area contributed by atoms with Crippen molar-refractivity contribution in [2.75, 3.05) is 6.61 Å². The number of halogens is 3. The van der Waals surface area contributed by atoms with Crippen molar-refractivity contribution in [2.24, 2.45) is 5.41 Å². The van der Waals surface area contributed by atoms with Gasteiger partial charge in [0.05, 0.1) is 6.61 Å². The summed E-state index contributed by atoms with van der Waals surface area (Å²) in [6.45, 7) is 3.95. The Morgan fingerprint density at radius 2 is 1.85 bits per heavy atom. The molecule has 27 heavy (non-hydrogen) atoms. The number of hydrogen-bond donors (Lipinski definition) is 1. The number of carbonyl (C=O) groups excluding carboxylic acids is 1. The van der Waals surface area contributed by atoms with Crippen LogP contribution in [0.2, 0.25) is 0 Å². The summed E-state index contributed by atoms with van der Waals surface area (Å²) in [5.41, 5.74) is -4.04. The average Bonchev–Trinajstić information content (AvgIpc) is 3.04. The SMILES string of the molecule is CCOC(=O)C(O)(CC(C)(C)C1=COC(Cc2ccccc2)O1)C(F)(F)F. The molecule has 0 fully saturated rings. The predicted octanol–water partition coefficient (Wildman–Crippen LogP) is 3.72. The summed E-state index contributed by atoms with van der Waals surface area (Å²) in [5.74, 6) is -1.61. The highest BCUT2D eigenvalue weighted by Gasteiger charge is 2.63. The van der Waals surface area contributed by atoms with E-state index in [2.05, 4.69) is 4.74 Å². The Labute approximate surface area is 155 Å². The lowest BCUT2D eigenvalue weighted by atomic mass is 9.78. The summed E-state index contributed by atoms with van der Waals surface area (Å²) in [4.78, 5) is 11.8. The summed E-state index contributed by atoms with van der Waals surface area (Å²) >= 11 is 0. The average molecular weight is 388 g/mol. The number of allylic oxidation sites excluding steroid dienone is 1. The number of rotatable bonds is 7. The zero-order chi connectivity index (χ0) is 20.3. The van der Waals surface area contributed by atoms with Crippen LogP contribution < -0.4 is 0 Å². The van der Waals surface area contributed by atoms with Gasteiger partial charge in [-0.25, -0.2) is 4.79 Å². The van der Waals surface area contributed by atoms with Crippen LogP contribution in [0.4, 0.5) is 13.2 Å². The third-order valence-electron chi connectivity index (χ3n) is 4.28. The van der Waals surface area contributed by atoms with E-state index in [-0.39, 0.29) is 12.4 Å². The van der Waals surface area contributed by atoms with Gasteiger partial charge < -0.3 is 19.3 Å². The van der Waals surface area contributed by atoms with Crippen LogP contribution in [0.25, 0.3) is 0 Å². The molecule has 1 heterocycles. The molecule has 0 aromatic heterocycles. The molecule has 0 spiro atoms. The molecule has 0 amide bonds. The molecule has 0 radical (unpaired) electrons. The molecule has 5 nitrogen and oxygen atoms in total. The maximum atomic E-state index is 13.4. The third kappa shape index (κ3) is 4.74. The molecule has 1 aromatic carbocycles. The molecular formula is C19H23F3O5. The van der Waals surface area contributed by atoms with Gasteiger partial charge in [0.1, 0.15) is 12.0 Å². The molecule has 0 aliphatic carbocycles. The Balaban J connectivity index is 2.11. The van der Waals surface area contributed by atoms with E-state index in [9.17, 15) is 23.1 Å². The van der Waals surface area contributed by atoms with Crippen LogP contribution in [0.5, 0.6) is 0 Å². The minimum Gasteiger partial charge on any atom is -0.464 e. The molecule has 1 aliphatic rings. The Kier molecular flexibility index (Phi) is 6.09. The fraction of sp³-hybridized carbons (Fsp3) is 0.526. The fourth-order valence-electron chi connectivity index (χ4n) is 2.82. The second-order valence-electron chi connectivity index (χ2n) is 6.99. The van der Waals surface area contributed by atoms with Gasteiger partial charge >= 0.3 is 12.1 Å². The molecule has 0 bridgehead atoms. The van der Waals surface area contributed by atoms with Gasteiger partial charge in [0, 0.05) is 18.3 Å². The highest BCUT2D eigenvalue weighted by atomic mass is 19.4. The lowest BCUT2D eigenvalue weighted by molar-refractivity contribution is -0.270. The lowest BCUT2D eigenvalue weighted by Crippen LogP contribution is -2.55. The van der Waals surface area contributed by atoms with Gasteiger partial charge in [-0.3, -0.25) is 0 Å². The van der Waals surface area contributed by atoms with E-state index in [4.69, 9.17) is 9.47 Å². The van der Waals surface area contributed by atoms with Crippen molar-refractivity contribution in [3.63, 3.8) is 0 Å². The van der Waals surface area contributed by atoms with Crippen molar-refractivity contribution in [1.29, 1.82) is 0 Å². The van der Waals surface area contributed by atoms with Gasteiger partial charge in [0.15, 0.2) is 0 Å². The molecular weight excluding hydrogens is 365 g/mol. The van der Waals surface area contributed by atoms with Crippen molar-refractivity contribution in [3.05, 3.63) is 47.9 Å². The number of esters is 1. The smallest absolute Gasteiger partial charge is 0.428 e. The molecule has 2 rings (SSSR count). The third-order valence-corrected chi connectivity index (χ3v) is 4.28. The number of aliphatic hydroxyl groups is 1. The number of alkyl halides is 3. The fourth-order valence-corrected chi connectivity index (χ4v) is 2.82. The minimum absolute atomic E-state index is 0.121. The molecule has 150 valence electrons. The van der Waals surface area contributed by atoms with Crippen LogP contribution in [0, 0.1) is 5.41 Å². The summed E-state index contributed by atoms with van der Waals surface area (Å²) in [5, 5.41) is 10.1. The summed E-state index contributed by atoms with van der Waals surface area (Å²) in [6.07, 6.45) is -5.22. The first-order valence-corrected chi connectivity index (χ1v) is 8.52. The summed E-state index contributed by atoms with van der Waals surface area (Å²) in [7, 11) is 0. The molecule has 1 aliphatic heterocycles. The summed E-state index contributed by atoms with van der Waals surface area (Å²) < 4.78 is 55.7. The maximum Gasteiger partial charge on any atom is 0.428 e. The van der Waals surface area contributed by atoms with E-state index in [1.54, 1.807) is 0 Å². The second-order valence-corrected chi connectivity index (χ2v) is 6.99. The number of ether oxygens (including phenoxy) is 3. The monoisotopic (exact) mass is 388 g/mol. The zero-order valence-corrected chi connectivity index (χ0v) is 15.4. The van der Waals surface area contributed by atoms with Gasteiger partial charge in [-0.05, 0) is 12.5 Å². The topological polar surface area (TPSA) is 65.0 Å². The van der Waals surface area contributed by atoms with Gasteiger partial charge in [-0.15, -0.1) is 0 Å². The normalized spacial score (nSPS) is 19.5. The van der Waals surface area contributed by atoms with E-state index in [0.29, 0.717) is 6.42 Å². The van der Waals surface area contributed by atoms with Crippen LogP contribution in [0.15, 0.2) is 42.4 Å². The molecule has 1 N–H and O–H groups in total.